The molecule has 0 aliphatic heterocycles. The van der Waals surface area contributed by atoms with Crippen molar-refractivity contribution >= 4 is 18.0 Å². The van der Waals surface area contributed by atoms with Crippen LogP contribution in [0.15, 0.2) is 72.3 Å². The molecule has 2 aliphatic carbocycles. The summed E-state index contributed by atoms with van der Waals surface area (Å²) >= 11 is 0. The number of allylic oxidation sites excluding steroid dienone is 1. The first kappa shape index (κ1) is 23.3. The molecule has 0 aromatic heterocycles. The van der Waals surface area contributed by atoms with E-state index in [1.807, 2.05) is 36.4 Å². The van der Waals surface area contributed by atoms with Gasteiger partial charge < -0.3 is 20.5 Å². The van der Waals surface area contributed by atoms with Crippen molar-refractivity contribution in [2.24, 2.45) is 5.92 Å². The fourth-order valence-corrected chi connectivity index (χ4v) is 4.54. The van der Waals surface area contributed by atoms with E-state index in [0.29, 0.717) is 12.8 Å². The molecule has 2 atom stereocenters. The fraction of sp³-hybridized carbons (Fsp3) is 0.296. The number of carboxylic acids is 1. The van der Waals surface area contributed by atoms with E-state index in [4.69, 9.17) is 9.84 Å². The Hall–Kier alpha value is -3.87. The molecule has 0 bridgehead atoms. The first-order chi connectivity index (χ1) is 16.4. The number of carboxylic acid groups (broad SMARTS) is 1. The molecule has 176 valence electrons. The summed E-state index contributed by atoms with van der Waals surface area (Å²) in [6, 6.07) is 16.0. The summed E-state index contributed by atoms with van der Waals surface area (Å²) in [5.74, 6) is -1.50. The van der Waals surface area contributed by atoms with E-state index in [0.717, 1.165) is 11.1 Å². The second-order valence-corrected chi connectivity index (χ2v) is 8.61. The smallest absolute Gasteiger partial charge is 0.407 e. The van der Waals surface area contributed by atoms with Gasteiger partial charge in [-0.25, -0.2) is 9.59 Å². The standard InChI is InChI=1S/C27H28N2O5/c1-17(26(31)32)13-14-28-25(30)18-7-6-8-19(15-18)29-27(33)34-16-24-22-11-4-2-9-20(22)21-10-3-5-12-23(21)24/h2-6,8-13,18-19,24H,7,14-16H2,1H3,(H,28,30)(H,29,33)(H,31,32)/b17-13+/t18-,19-/m1/s1. The van der Waals surface area contributed by atoms with Crippen LogP contribution in [0, 0.1) is 5.92 Å². The van der Waals surface area contributed by atoms with Crippen LogP contribution in [0.4, 0.5) is 4.79 Å². The number of alkyl carbamates (subject to hydrolysis) is 1. The molecule has 0 unspecified atom stereocenters. The first-order valence-corrected chi connectivity index (χ1v) is 11.4. The van der Waals surface area contributed by atoms with Crippen molar-refractivity contribution in [3.8, 4) is 11.1 Å². The van der Waals surface area contributed by atoms with E-state index in [9.17, 15) is 14.4 Å². The molecule has 0 radical (unpaired) electrons. The van der Waals surface area contributed by atoms with Gasteiger partial charge in [-0.15, -0.1) is 0 Å². The number of carbonyl (C=O) groups excluding carboxylic acids is 2. The van der Waals surface area contributed by atoms with Gasteiger partial charge in [0.25, 0.3) is 0 Å². The van der Waals surface area contributed by atoms with E-state index < -0.39 is 12.1 Å². The van der Waals surface area contributed by atoms with Gasteiger partial charge in [-0.05, 0) is 42.0 Å². The highest BCUT2D eigenvalue weighted by molar-refractivity contribution is 5.86. The predicted octanol–water partition coefficient (Wildman–Crippen LogP) is 4.01. The monoisotopic (exact) mass is 460 g/mol. The SMILES string of the molecule is C/C(=C\CNC(=O)[C@@H]1CC=C[C@@H](NC(=O)OCC2c3ccccc3-c3ccccc32)C1)C(=O)O. The van der Waals surface area contributed by atoms with Gasteiger partial charge in [-0.3, -0.25) is 4.79 Å². The topological polar surface area (TPSA) is 105 Å². The lowest BCUT2D eigenvalue weighted by Gasteiger charge is -2.25. The van der Waals surface area contributed by atoms with Crippen molar-refractivity contribution in [1.29, 1.82) is 0 Å². The number of ether oxygens (including phenoxy) is 1. The molecule has 0 saturated carbocycles. The third kappa shape index (κ3) is 5.20. The summed E-state index contributed by atoms with van der Waals surface area (Å²) in [7, 11) is 0. The summed E-state index contributed by atoms with van der Waals surface area (Å²) in [4.78, 5) is 35.8. The van der Waals surface area contributed by atoms with Gasteiger partial charge in [-0.2, -0.15) is 0 Å². The molecule has 2 aromatic rings. The Balaban J connectivity index is 1.30. The van der Waals surface area contributed by atoms with E-state index in [-0.39, 0.29) is 42.5 Å². The number of aliphatic carboxylic acids is 1. The molecule has 2 amide bonds. The van der Waals surface area contributed by atoms with Gasteiger partial charge >= 0.3 is 12.1 Å². The molecule has 0 saturated heterocycles. The van der Waals surface area contributed by atoms with Crippen molar-refractivity contribution in [1.82, 2.24) is 10.6 Å². The number of hydrogen-bond donors (Lipinski definition) is 3. The van der Waals surface area contributed by atoms with E-state index in [1.165, 1.54) is 24.1 Å². The number of amides is 2. The third-order valence-corrected chi connectivity index (χ3v) is 6.37. The molecule has 0 spiro atoms. The van der Waals surface area contributed by atoms with Crippen LogP contribution >= 0.6 is 0 Å². The minimum absolute atomic E-state index is 0.0131. The summed E-state index contributed by atoms with van der Waals surface area (Å²) in [5.41, 5.74) is 4.82. The maximum Gasteiger partial charge on any atom is 0.407 e. The van der Waals surface area contributed by atoms with Crippen LogP contribution in [0.5, 0.6) is 0 Å². The predicted molar refractivity (Wildman–Crippen MR) is 128 cm³/mol. The van der Waals surface area contributed by atoms with Crippen molar-refractivity contribution < 1.29 is 24.2 Å². The summed E-state index contributed by atoms with van der Waals surface area (Å²) in [5, 5.41) is 14.5. The van der Waals surface area contributed by atoms with Gasteiger partial charge in [0.2, 0.25) is 5.91 Å². The van der Waals surface area contributed by atoms with Crippen molar-refractivity contribution in [2.75, 3.05) is 13.2 Å². The van der Waals surface area contributed by atoms with E-state index >= 15 is 0 Å². The third-order valence-electron chi connectivity index (χ3n) is 6.37. The molecular formula is C27H28N2O5. The Morgan fingerprint density at radius 1 is 1.06 bits per heavy atom. The zero-order valence-corrected chi connectivity index (χ0v) is 19.0. The number of nitrogens with one attached hydrogen (secondary N) is 2. The van der Waals surface area contributed by atoms with Crippen LogP contribution in [0.25, 0.3) is 11.1 Å². The van der Waals surface area contributed by atoms with Gasteiger partial charge in [0.05, 0.1) is 6.04 Å². The Morgan fingerprint density at radius 3 is 2.35 bits per heavy atom. The molecule has 2 aromatic carbocycles. The van der Waals surface area contributed by atoms with Gasteiger partial charge in [0.1, 0.15) is 6.61 Å². The number of fused-ring (bicyclic) bond motifs is 3. The molecular weight excluding hydrogens is 432 g/mol. The minimum atomic E-state index is -1.01. The highest BCUT2D eigenvalue weighted by Gasteiger charge is 2.30. The molecule has 2 aliphatic rings. The normalized spacial score (nSPS) is 19.1. The Morgan fingerprint density at radius 2 is 1.71 bits per heavy atom. The maximum atomic E-state index is 12.5. The summed E-state index contributed by atoms with van der Waals surface area (Å²) < 4.78 is 5.60. The Bertz CT molecular complexity index is 1110. The van der Waals surface area contributed by atoms with Gasteiger partial charge in [0, 0.05) is 24.0 Å². The van der Waals surface area contributed by atoms with Crippen LogP contribution in [0.1, 0.15) is 36.8 Å². The van der Waals surface area contributed by atoms with Crippen molar-refractivity contribution in [3.63, 3.8) is 0 Å². The highest BCUT2D eigenvalue weighted by Crippen LogP contribution is 2.44. The van der Waals surface area contributed by atoms with Crippen LogP contribution < -0.4 is 10.6 Å². The quantitative estimate of drug-likeness (QED) is 0.428. The van der Waals surface area contributed by atoms with Crippen LogP contribution in [0.3, 0.4) is 0 Å². The molecule has 0 fully saturated rings. The lowest BCUT2D eigenvalue weighted by molar-refractivity contribution is -0.132. The van der Waals surface area contributed by atoms with Crippen LogP contribution in [-0.4, -0.2) is 42.3 Å². The summed E-state index contributed by atoms with van der Waals surface area (Å²) in [6.07, 6.45) is 5.72. The molecule has 34 heavy (non-hydrogen) atoms. The average Bonchev–Trinajstić information content (AvgIpc) is 3.16. The lowest BCUT2D eigenvalue weighted by Crippen LogP contribution is -2.41. The average molecular weight is 461 g/mol. The Labute approximate surface area is 198 Å². The largest absolute Gasteiger partial charge is 0.478 e. The number of benzene rings is 2. The van der Waals surface area contributed by atoms with E-state index in [1.54, 1.807) is 0 Å². The second-order valence-electron chi connectivity index (χ2n) is 8.61. The van der Waals surface area contributed by atoms with Gasteiger partial charge in [-0.1, -0.05) is 66.8 Å². The highest BCUT2D eigenvalue weighted by atomic mass is 16.5. The minimum Gasteiger partial charge on any atom is -0.478 e. The van der Waals surface area contributed by atoms with Crippen molar-refractivity contribution in [3.05, 3.63) is 83.5 Å². The van der Waals surface area contributed by atoms with Crippen LogP contribution in [-0.2, 0) is 14.3 Å². The zero-order chi connectivity index (χ0) is 24.1. The zero-order valence-electron chi connectivity index (χ0n) is 19.0. The van der Waals surface area contributed by atoms with Gasteiger partial charge in [0.15, 0.2) is 0 Å². The molecule has 0 heterocycles. The Kier molecular flexibility index (Phi) is 7.11. The summed E-state index contributed by atoms with van der Waals surface area (Å²) in [6.45, 7) is 1.86. The van der Waals surface area contributed by atoms with E-state index in [2.05, 4.69) is 34.9 Å². The lowest BCUT2D eigenvalue weighted by atomic mass is 9.90. The number of hydrogen-bond acceptors (Lipinski definition) is 4. The molecule has 7 heteroatoms. The number of carbonyl (C=O) groups is 3. The number of rotatable bonds is 7. The fourth-order valence-electron chi connectivity index (χ4n) is 4.54. The molecule has 4 rings (SSSR count). The molecule has 7 nitrogen and oxygen atoms in total. The van der Waals surface area contributed by atoms with Crippen LogP contribution in [0.2, 0.25) is 0 Å². The van der Waals surface area contributed by atoms with Crippen molar-refractivity contribution in [2.45, 2.75) is 31.7 Å². The first-order valence-electron chi connectivity index (χ1n) is 11.4. The molecule has 3 N–H and O–H groups in total. The maximum absolute atomic E-state index is 12.5. The second kappa shape index (κ2) is 10.4.